The monoisotopic (exact) mass is 796 g/mol. The van der Waals surface area contributed by atoms with Crippen molar-refractivity contribution in [3.05, 3.63) is 0 Å². The molecule has 0 amide bonds. The topological polar surface area (TPSA) is 387 Å². The molecule has 5 aliphatic heterocycles. The Kier molecular flexibility index (Phi) is 15.0. The van der Waals surface area contributed by atoms with Crippen LogP contribution in [0.5, 0.6) is 0 Å². The Morgan fingerprint density at radius 3 is 1.37 bits per heavy atom. The molecule has 5 saturated heterocycles. The van der Waals surface area contributed by atoms with Crippen molar-refractivity contribution in [2.24, 2.45) is 0 Å². The fourth-order valence-corrected chi connectivity index (χ4v) is 6.81. The molecule has 0 spiro atoms. The Morgan fingerprint density at radius 1 is 0.370 bits per heavy atom. The Balaban J connectivity index is 1.38. The summed E-state index contributed by atoms with van der Waals surface area (Å²) in [6.07, 6.45) is -43.6. The minimum absolute atomic E-state index is 0.677. The third kappa shape index (κ3) is 8.87. The molecule has 0 aromatic rings. The minimum Gasteiger partial charge on any atom is -0.394 e. The van der Waals surface area contributed by atoms with Crippen molar-refractivity contribution >= 4 is 0 Å². The summed E-state index contributed by atoms with van der Waals surface area (Å²) >= 11 is 0. The van der Waals surface area contributed by atoms with E-state index in [2.05, 4.69) is 0 Å². The lowest BCUT2D eigenvalue weighted by Crippen LogP contribution is -2.68. The van der Waals surface area contributed by atoms with Gasteiger partial charge in [0.15, 0.2) is 31.5 Å². The zero-order chi connectivity index (χ0) is 39.9. The number of hydrogen-bond acceptors (Lipinski definition) is 24. The average Bonchev–Trinajstić information content (AvgIpc) is 3.15. The molecule has 24 nitrogen and oxygen atoms in total. The maximum Gasteiger partial charge on any atom is 0.187 e. The van der Waals surface area contributed by atoms with E-state index in [9.17, 15) is 76.6 Å². The van der Waals surface area contributed by atoms with Gasteiger partial charge in [-0.2, -0.15) is 0 Å². The molecule has 54 heavy (non-hydrogen) atoms. The lowest BCUT2D eigenvalue weighted by atomic mass is 9.95. The van der Waals surface area contributed by atoms with Crippen LogP contribution >= 0.6 is 0 Å². The highest BCUT2D eigenvalue weighted by atomic mass is 16.8. The van der Waals surface area contributed by atoms with E-state index in [1.807, 2.05) is 0 Å². The molecule has 15 N–H and O–H groups in total. The lowest BCUT2D eigenvalue weighted by Gasteiger charge is -2.50. The van der Waals surface area contributed by atoms with E-state index in [1.165, 1.54) is 13.8 Å². The van der Waals surface area contributed by atoms with E-state index >= 15 is 0 Å². The normalized spacial score (nSPS) is 54.7. The van der Waals surface area contributed by atoms with Gasteiger partial charge >= 0.3 is 0 Å². The van der Waals surface area contributed by atoms with Crippen molar-refractivity contribution in [2.75, 3.05) is 19.8 Å². The molecule has 0 radical (unpaired) electrons. The zero-order valence-corrected chi connectivity index (χ0v) is 28.9. The molecule has 0 bridgehead atoms. The number of ether oxygens (including phenoxy) is 9. The molecule has 5 fully saturated rings. The summed E-state index contributed by atoms with van der Waals surface area (Å²) < 4.78 is 50.3. The number of hydrogen-bond donors (Lipinski definition) is 15. The van der Waals surface area contributed by atoms with Gasteiger partial charge in [0, 0.05) is 0 Å². The zero-order valence-electron chi connectivity index (χ0n) is 28.9. The maximum atomic E-state index is 11.6. The molecular weight excluding hydrogens is 744 g/mol. The SMILES string of the molecule is C[C@@H]1O[C@@H](O[C@@H]2[C@@H](O)[C@H](O[C@H]3[C@H](O)[C@@H](O)[C@H](O)O[C@@H]3CO)O[C@H](CO)[C@@H]2O[C@H]2O[C@H](CO[C@@H]3O[C@@H](C)[C@@H](O)[C@@H](O)[C@@H]3O)[C@H](O)[C@H](O)[C@H]2O)[C@H](O)[C@H](O)[C@H]1O. The van der Waals surface area contributed by atoms with Gasteiger partial charge in [0.05, 0.1) is 32.0 Å². The maximum absolute atomic E-state index is 11.6. The summed E-state index contributed by atoms with van der Waals surface area (Å²) in [5.74, 6) is 0. The van der Waals surface area contributed by atoms with Gasteiger partial charge in [-0.05, 0) is 13.8 Å². The molecule has 24 heteroatoms. The summed E-state index contributed by atoms with van der Waals surface area (Å²) in [5, 5.41) is 156. The Hall–Kier alpha value is -0.960. The Bertz CT molecular complexity index is 1170. The van der Waals surface area contributed by atoms with Gasteiger partial charge in [0.1, 0.15) is 110 Å². The van der Waals surface area contributed by atoms with Crippen LogP contribution in [0, 0.1) is 0 Å². The summed E-state index contributed by atoms with van der Waals surface area (Å²) in [5.41, 5.74) is 0. The summed E-state index contributed by atoms with van der Waals surface area (Å²) in [4.78, 5) is 0. The molecule has 0 aliphatic carbocycles. The molecule has 0 aromatic carbocycles. The standard InChI is InChI=1S/C30H52O24/c1-6-11(33)14(36)19(41)27(47-6)46-5-10-13(35)16(38)21(43)29(51-10)53-24-9(4-32)50-30(52-23-8(3-31)49-26(45)18(40)17(23)39)22(44)25(24)54-28-20(42)15(37)12(34)7(2)48-28/h6-45H,3-5H2,1-2H3/t6-,7-,8+,9+,10+,11+,12-,13-,14+,15+,16-,17+,18+,19-,20+,21+,22+,23+,24-,25+,26+,27+,28-,29+,30-/m0/s1. The van der Waals surface area contributed by atoms with Crippen LogP contribution in [0.2, 0.25) is 0 Å². The molecule has 25 atom stereocenters. The lowest BCUT2D eigenvalue weighted by molar-refractivity contribution is -0.399. The summed E-state index contributed by atoms with van der Waals surface area (Å²) in [6, 6.07) is 0. The summed E-state index contributed by atoms with van der Waals surface area (Å²) in [6.45, 7) is 0.190. The number of rotatable bonds is 11. The largest absolute Gasteiger partial charge is 0.394 e. The molecule has 5 heterocycles. The van der Waals surface area contributed by atoms with E-state index in [1.54, 1.807) is 0 Å². The van der Waals surface area contributed by atoms with Crippen LogP contribution in [-0.2, 0) is 42.6 Å². The fraction of sp³-hybridized carbons (Fsp3) is 1.00. The molecule has 5 rings (SSSR count). The second kappa shape index (κ2) is 18.3. The van der Waals surface area contributed by atoms with Gasteiger partial charge in [-0.25, -0.2) is 0 Å². The molecule has 316 valence electrons. The van der Waals surface area contributed by atoms with Crippen LogP contribution in [-0.4, -0.2) is 250 Å². The fourth-order valence-electron chi connectivity index (χ4n) is 6.81. The number of aliphatic hydroxyl groups is 15. The van der Waals surface area contributed by atoms with Crippen LogP contribution in [0.3, 0.4) is 0 Å². The average molecular weight is 797 g/mol. The Labute approximate surface area is 306 Å². The minimum atomic E-state index is -2.10. The van der Waals surface area contributed by atoms with Crippen LogP contribution < -0.4 is 0 Å². The van der Waals surface area contributed by atoms with Crippen molar-refractivity contribution in [1.29, 1.82) is 0 Å². The predicted molar refractivity (Wildman–Crippen MR) is 164 cm³/mol. The molecule has 0 unspecified atom stereocenters. The van der Waals surface area contributed by atoms with Gasteiger partial charge < -0.3 is 119 Å². The van der Waals surface area contributed by atoms with Crippen LogP contribution in [0.15, 0.2) is 0 Å². The predicted octanol–water partition coefficient (Wildman–Crippen LogP) is -9.87. The highest BCUT2D eigenvalue weighted by Crippen LogP contribution is 2.36. The van der Waals surface area contributed by atoms with E-state index in [4.69, 9.17) is 42.6 Å². The Morgan fingerprint density at radius 2 is 0.796 bits per heavy atom. The molecule has 0 saturated carbocycles. The second-order valence-electron chi connectivity index (χ2n) is 14.0. The third-order valence-electron chi connectivity index (χ3n) is 10.2. The highest BCUT2D eigenvalue weighted by Gasteiger charge is 2.56. The van der Waals surface area contributed by atoms with E-state index < -0.39 is 173 Å². The van der Waals surface area contributed by atoms with Gasteiger partial charge in [0.2, 0.25) is 0 Å². The van der Waals surface area contributed by atoms with Crippen molar-refractivity contribution in [2.45, 2.75) is 167 Å². The first kappa shape index (κ1) is 44.1. The molecule has 0 aromatic heterocycles. The third-order valence-corrected chi connectivity index (χ3v) is 10.2. The smallest absolute Gasteiger partial charge is 0.187 e. The molecular formula is C30H52O24. The first-order valence-electron chi connectivity index (χ1n) is 17.3. The van der Waals surface area contributed by atoms with Crippen molar-refractivity contribution in [1.82, 2.24) is 0 Å². The second-order valence-corrected chi connectivity index (χ2v) is 14.0. The van der Waals surface area contributed by atoms with Gasteiger partial charge in [-0.1, -0.05) is 0 Å². The van der Waals surface area contributed by atoms with Crippen LogP contribution in [0.4, 0.5) is 0 Å². The van der Waals surface area contributed by atoms with Gasteiger partial charge in [0.25, 0.3) is 0 Å². The highest BCUT2D eigenvalue weighted by molar-refractivity contribution is 4.98. The number of aliphatic hydroxyl groups excluding tert-OH is 15. The van der Waals surface area contributed by atoms with Crippen molar-refractivity contribution in [3.8, 4) is 0 Å². The van der Waals surface area contributed by atoms with E-state index in [0.29, 0.717) is 0 Å². The first-order valence-corrected chi connectivity index (χ1v) is 17.3. The van der Waals surface area contributed by atoms with Gasteiger partial charge in [-0.3, -0.25) is 0 Å². The quantitative estimate of drug-likeness (QED) is 0.0923. The first-order chi connectivity index (χ1) is 25.4. The van der Waals surface area contributed by atoms with Crippen LogP contribution in [0.1, 0.15) is 13.8 Å². The van der Waals surface area contributed by atoms with Crippen molar-refractivity contribution in [3.63, 3.8) is 0 Å². The van der Waals surface area contributed by atoms with E-state index in [0.717, 1.165) is 0 Å². The van der Waals surface area contributed by atoms with Crippen LogP contribution in [0.25, 0.3) is 0 Å². The summed E-state index contributed by atoms with van der Waals surface area (Å²) in [7, 11) is 0. The van der Waals surface area contributed by atoms with E-state index in [-0.39, 0.29) is 0 Å². The van der Waals surface area contributed by atoms with Crippen molar-refractivity contribution < 1.29 is 119 Å². The molecule has 5 aliphatic rings. The van der Waals surface area contributed by atoms with Gasteiger partial charge in [-0.15, -0.1) is 0 Å².